The van der Waals surface area contributed by atoms with Crippen LogP contribution >= 0.6 is 0 Å². The summed E-state index contributed by atoms with van der Waals surface area (Å²) >= 11 is 0. The molecule has 0 radical (unpaired) electrons. The standard InChI is InChI=1S/C31H40N2O5/c1-4-5-6-18-38-25-12-10-24(11-13-25)28-27(29(34)26-21-22(2)8-9-23(26)3)30(35)31(36)33(28)15-7-14-32-16-19-37-20-17-32/h8-13,21,28,34H,4-7,14-20H2,1-3H3/b29-27+. The monoisotopic (exact) mass is 520 g/mol. The van der Waals surface area contributed by atoms with E-state index in [1.54, 1.807) is 4.90 Å². The second kappa shape index (κ2) is 13.1. The van der Waals surface area contributed by atoms with Crippen LogP contribution in [0, 0.1) is 13.8 Å². The smallest absolute Gasteiger partial charge is 0.295 e. The summed E-state index contributed by atoms with van der Waals surface area (Å²) in [4.78, 5) is 30.6. The van der Waals surface area contributed by atoms with Crippen LogP contribution in [0.3, 0.4) is 0 Å². The molecule has 0 aliphatic carbocycles. The van der Waals surface area contributed by atoms with E-state index in [1.807, 2.05) is 56.3 Å². The minimum absolute atomic E-state index is 0.120. The maximum absolute atomic E-state index is 13.4. The van der Waals surface area contributed by atoms with Crippen LogP contribution in [0.2, 0.25) is 0 Å². The molecule has 204 valence electrons. The average molecular weight is 521 g/mol. The molecule has 2 saturated heterocycles. The number of carbonyl (C=O) groups is 2. The fourth-order valence-electron chi connectivity index (χ4n) is 5.17. The second-order valence-electron chi connectivity index (χ2n) is 10.2. The molecule has 2 aliphatic rings. The fraction of sp³-hybridized carbons (Fsp3) is 0.484. The van der Waals surface area contributed by atoms with Crippen LogP contribution < -0.4 is 4.74 Å². The van der Waals surface area contributed by atoms with Crippen molar-refractivity contribution in [3.63, 3.8) is 0 Å². The van der Waals surface area contributed by atoms with Crippen molar-refractivity contribution in [1.82, 2.24) is 9.80 Å². The summed E-state index contributed by atoms with van der Waals surface area (Å²) in [5.41, 5.74) is 3.33. The normalized spacial score (nSPS) is 19.8. The van der Waals surface area contributed by atoms with Gasteiger partial charge < -0.3 is 19.5 Å². The van der Waals surface area contributed by atoms with E-state index < -0.39 is 17.7 Å². The fourth-order valence-corrected chi connectivity index (χ4v) is 5.17. The highest BCUT2D eigenvalue weighted by atomic mass is 16.5. The molecule has 38 heavy (non-hydrogen) atoms. The Balaban J connectivity index is 1.64. The number of ether oxygens (including phenoxy) is 2. The van der Waals surface area contributed by atoms with Crippen molar-refractivity contribution >= 4 is 17.4 Å². The lowest BCUT2D eigenvalue weighted by atomic mass is 9.93. The van der Waals surface area contributed by atoms with Gasteiger partial charge in [-0.1, -0.05) is 49.6 Å². The Hall–Kier alpha value is -3.16. The molecule has 2 aromatic carbocycles. The molecular weight excluding hydrogens is 480 g/mol. The van der Waals surface area contributed by atoms with Gasteiger partial charge >= 0.3 is 0 Å². The Morgan fingerprint density at radius 1 is 1.00 bits per heavy atom. The van der Waals surface area contributed by atoms with Crippen molar-refractivity contribution < 1.29 is 24.2 Å². The van der Waals surface area contributed by atoms with E-state index in [1.165, 1.54) is 0 Å². The third-order valence-corrected chi connectivity index (χ3v) is 7.38. The molecule has 1 atom stereocenters. The van der Waals surface area contributed by atoms with Crippen LogP contribution in [0.15, 0.2) is 48.0 Å². The lowest BCUT2D eigenvalue weighted by Gasteiger charge is -2.29. The van der Waals surface area contributed by atoms with Gasteiger partial charge in [-0.15, -0.1) is 0 Å². The molecule has 2 heterocycles. The van der Waals surface area contributed by atoms with Gasteiger partial charge in [0.05, 0.1) is 31.4 Å². The van der Waals surface area contributed by atoms with Crippen LogP contribution in [-0.2, 0) is 14.3 Å². The SMILES string of the molecule is CCCCCOc1ccc(C2/C(=C(\O)c3cc(C)ccc3C)C(=O)C(=O)N2CCCN2CCOCC2)cc1. The molecule has 0 saturated carbocycles. The third-order valence-electron chi connectivity index (χ3n) is 7.38. The molecule has 0 aromatic heterocycles. The number of hydrogen-bond acceptors (Lipinski definition) is 6. The maximum Gasteiger partial charge on any atom is 0.295 e. The Kier molecular flexibility index (Phi) is 9.58. The van der Waals surface area contributed by atoms with Crippen LogP contribution in [0.4, 0.5) is 0 Å². The van der Waals surface area contributed by atoms with Crippen molar-refractivity contribution in [2.75, 3.05) is 46.0 Å². The average Bonchev–Trinajstić information content (AvgIpc) is 3.18. The molecule has 7 nitrogen and oxygen atoms in total. The number of likely N-dealkylation sites (tertiary alicyclic amines) is 1. The zero-order valence-electron chi connectivity index (χ0n) is 22.9. The summed E-state index contributed by atoms with van der Waals surface area (Å²) in [5.74, 6) is -0.572. The zero-order chi connectivity index (χ0) is 27.1. The number of Topliss-reactive ketones (excluding diaryl/α,β-unsaturated/α-hetero) is 1. The number of ketones is 1. The summed E-state index contributed by atoms with van der Waals surface area (Å²) in [6.07, 6.45) is 3.98. The van der Waals surface area contributed by atoms with Gasteiger partial charge in [-0.3, -0.25) is 14.5 Å². The number of amides is 1. The summed E-state index contributed by atoms with van der Waals surface area (Å²) in [7, 11) is 0. The number of aliphatic hydroxyl groups is 1. The molecule has 1 amide bonds. The van der Waals surface area contributed by atoms with Gasteiger partial charge in [0.1, 0.15) is 11.5 Å². The Morgan fingerprint density at radius 3 is 2.45 bits per heavy atom. The van der Waals surface area contributed by atoms with Gasteiger partial charge in [0.2, 0.25) is 0 Å². The molecule has 2 fully saturated rings. The van der Waals surface area contributed by atoms with E-state index in [2.05, 4.69) is 11.8 Å². The highest BCUT2D eigenvalue weighted by molar-refractivity contribution is 6.46. The van der Waals surface area contributed by atoms with Gasteiger partial charge in [-0.05, 0) is 56.0 Å². The molecule has 7 heteroatoms. The minimum Gasteiger partial charge on any atom is -0.507 e. The summed E-state index contributed by atoms with van der Waals surface area (Å²) in [6, 6.07) is 12.7. The number of carbonyl (C=O) groups excluding carboxylic acids is 2. The second-order valence-corrected chi connectivity index (χ2v) is 10.2. The van der Waals surface area contributed by atoms with E-state index in [9.17, 15) is 14.7 Å². The highest BCUT2D eigenvalue weighted by Crippen LogP contribution is 2.40. The lowest BCUT2D eigenvalue weighted by molar-refractivity contribution is -0.140. The quantitative estimate of drug-likeness (QED) is 0.194. The number of nitrogens with zero attached hydrogens (tertiary/aromatic N) is 2. The van der Waals surface area contributed by atoms with E-state index in [0.717, 1.165) is 67.8 Å². The van der Waals surface area contributed by atoms with Gasteiger partial charge in [0.25, 0.3) is 11.7 Å². The molecule has 0 bridgehead atoms. The van der Waals surface area contributed by atoms with Crippen molar-refractivity contribution in [3.05, 3.63) is 70.3 Å². The van der Waals surface area contributed by atoms with Crippen molar-refractivity contribution in [3.8, 4) is 5.75 Å². The van der Waals surface area contributed by atoms with E-state index in [4.69, 9.17) is 9.47 Å². The minimum atomic E-state index is -0.659. The van der Waals surface area contributed by atoms with Gasteiger partial charge in [-0.2, -0.15) is 0 Å². The zero-order valence-corrected chi connectivity index (χ0v) is 22.9. The predicted octanol–water partition coefficient (Wildman–Crippen LogP) is 5.02. The van der Waals surface area contributed by atoms with Gasteiger partial charge in [0.15, 0.2) is 0 Å². The Bertz CT molecular complexity index is 1150. The molecular formula is C31H40N2O5. The highest BCUT2D eigenvalue weighted by Gasteiger charge is 2.46. The summed E-state index contributed by atoms with van der Waals surface area (Å²) < 4.78 is 11.3. The van der Waals surface area contributed by atoms with Crippen LogP contribution in [0.5, 0.6) is 5.75 Å². The summed E-state index contributed by atoms with van der Waals surface area (Å²) in [6.45, 7) is 11.1. The predicted molar refractivity (Wildman–Crippen MR) is 148 cm³/mol. The Morgan fingerprint density at radius 2 is 1.74 bits per heavy atom. The molecule has 2 aromatic rings. The van der Waals surface area contributed by atoms with Gasteiger partial charge in [0, 0.05) is 31.7 Å². The molecule has 4 rings (SSSR count). The van der Waals surface area contributed by atoms with Crippen LogP contribution in [-0.4, -0.2) is 72.6 Å². The number of benzene rings is 2. The first-order chi connectivity index (χ1) is 18.4. The van der Waals surface area contributed by atoms with Crippen LogP contribution in [0.25, 0.3) is 5.76 Å². The van der Waals surface area contributed by atoms with Crippen LogP contribution in [0.1, 0.15) is 60.9 Å². The number of unbranched alkanes of at least 4 members (excludes halogenated alkanes) is 2. The number of aliphatic hydroxyl groups excluding tert-OH is 1. The van der Waals surface area contributed by atoms with Crippen molar-refractivity contribution in [2.45, 2.75) is 52.5 Å². The largest absolute Gasteiger partial charge is 0.507 e. The molecule has 1 unspecified atom stereocenters. The third kappa shape index (κ3) is 6.45. The van der Waals surface area contributed by atoms with Gasteiger partial charge in [-0.25, -0.2) is 0 Å². The lowest BCUT2D eigenvalue weighted by Crippen LogP contribution is -2.38. The number of aryl methyl sites for hydroxylation is 2. The van der Waals surface area contributed by atoms with Crippen molar-refractivity contribution in [2.24, 2.45) is 0 Å². The topological polar surface area (TPSA) is 79.3 Å². The first kappa shape index (κ1) is 27.9. The van der Waals surface area contributed by atoms with E-state index in [-0.39, 0.29) is 11.3 Å². The first-order valence-corrected chi connectivity index (χ1v) is 13.8. The van der Waals surface area contributed by atoms with Crippen molar-refractivity contribution in [1.29, 1.82) is 0 Å². The molecule has 0 spiro atoms. The maximum atomic E-state index is 13.4. The number of morpholine rings is 1. The van der Waals surface area contributed by atoms with E-state index in [0.29, 0.717) is 31.9 Å². The molecule has 1 N–H and O–H groups in total. The summed E-state index contributed by atoms with van der Waals surface area (Å²) in [5, 5.41) is 11.4. The molecule has 2 aliphatic heterocycles. The first-order valence-electron chi connectivity index (χ1n) is 13.8. The van der Waals surface area contributed by atoms with E-state index >= 15 is 0 Å². The number of rotatable bonds is 11. The Labute approximate surface area is 226 Å². The number of hydrogen-bond donors (Lipinski definition) is 1.